The number of piperidine rings is 2. The first-order chi connectivity index (χ1) is 16.5. The predicted octanol–water partition coefficient (Wildman–Crippen LogP) is 4.67. The summed E-state index contributed by atoms with van der Waals surface area (Å²) < 4.78 is 19.7. The van der Waals surface area contributed by atoms with Crippen LogP contribution in [0.15, 0.2) is 42.5 Å². The highest BCUT2D eigenvalue weighted by Crippen LogP contribution is 2.27. The van der Waals surface area contributed by atoms with Crippen molar-refractivity contribution in [1.29, 1.82) is 0 Å². The summed E-state index contributed by atoms with van der Waals surface area (Å²) >= 11 is 0. The Morgan fingerprint density at radius 1 is 1.03 bits per heavy atom. The normalized spacial score (nSPS) is 19.4. The van der Waals surface area contributed by atoms with Gasteiger partial charge in [-0.15, -0.1) is 0 Å². The van der Waals surface area contributed by atoms with Crippen LogP contribution < -0.4 is 9.64 Å². The van der Waals surface area contributed by atoms with Gasteiger partial charge in [0.2, 0.25) is 11.9 Å². The molecule has 0 spiro atoms. The molecule has 2 fully saturated rings. The number of aryl methyl sites for hydroxylation is 2. The smallest absolute Gasteiger partial charge is 0.227 e. The summed E-state index contributed by atoms with van der Waals surface area (Å²) in [5.74, 6) is 0.795. The first-order valence-electron chi connectivity index (χ1n) is 12.2. The quantitative estimate of drug-likeness (QED) is 0.564. The average Bonchev–Trinajstić information content (AvgIpc) is 2.85. The third-order valence-corrected chi connectivity index (χ3v) is 6.97. The van der Waals surface area contributed by atoms with E-state index in [9.17, 15) is 9.18 Å². The fourth-order valence-corrected chi connectivity index (χ4v) is 5.06. The third-order valence-electron chi connectivity index (χ3n) is 6.97. The van der Waals surface area contributed by atoms with E-state index in [2.05, 4.69) is 30.0 Å². The van der Waals surface area contributed by atoms with Crippen molar-refractivity contribution >= 4 is 22.8 Å². The Labute approximate surface area is 199 Å². The molecular formula is C27H31FN4O2. The van der Waals surface area contributed by atoms with Gasteiger partial charge in [-0.25, -0.2) is 14.4 Å². The molecule has 5 rings (SSSR count). The van der Waals surface area contributed by atoms with Gasteiger partial charge in [-0.3, -0.25) is 4.79 Å². The molecule has 178 valence electrons. The van der Waals surface area contributed by atoms with Crippen LogP contribution in [0.25, 0.3) is 10.9 Å². The van der Waals surface area contributed by atoms with E-state index < -0.39 is 0 Å². The van der Waals surface area contributed by atoms with Gasteiger partial charge in [-0.05, 0) is 50.5 Å². The summed E-state index contributed by atoms with van der Waals surface area (Å²) in [6, 6.07) is 12.7. The zero-order valence-electron chi connectivity index (χ0n) is 19.8. The number of ether oxygens (including phenoxy) is 1. The molecule has 0 aliphatic carbocycles. The molecule has 0 N–H and O–H groups in total. The van der Waals surface area contributed by atoms with Gasteiger partial charge in [0.05, 0.1) is 17.1 Å². The molecule has 3 heterocycles. The standard InChI is InChI=1S/C27H31FN4O2/c1-18-9-10-22-19(2)29-27(30-24(22)16-18)32-13-5-6-20(17-32)26(33)31-14-11-21(12-15-31)34-25-8-4-3-7-23(25)28/h3-4,7-10,16,20-21H,5-6,11-15,17H2,1-2H3. The largest absolute Gasteiger partial charge is 0.487 e. The van der Waals surface area contributed by atoms with Crippen molar-refractivity contribution in [1.82, 2.24) is 14.9 Å². The number of carbonyl (C=O) groups excluding carboxylic acids is 1. The number of hydrogen-bond acceptors (Lipinski definition) is 5. The Hall–Kier alpha value is -3.22. The Morgan fingerprint density at radius 3 is 2.62 bits per heavy atom. The van der Waals surface area contributed by atoms with Gasteiger partial charge >= 0.3 is 0 Å². The molecular weight excluding hydrogens is 431 g/mol. The summed E-state index contributed by atoms with van der Waals surface area (Å²) in [6.45, 7) is 6.86. The van der Waals surface area contributed by atoms with Gasteiger partial charge in [-0.2, -0.15) is 0 Å². The number of aromatic nitrogens is 2. The summed E-state index contributed by atoms with van der Waals surface area (Å²) in [7, 11) is 0. The maximum Gasteiger partial charge on any atom is 0.227 e. The molecule has 3 aromatic rings. The lowest BCUT2D eigenvalue weighted by molar-refractivity contribution is -0.137. The van der Waals surface area contributed by atoms with E-state index in [-0.39, 0.29) is 29.5 Å². The Bertz CT molecular complexity index is 1190. The molecule has 1 atom stereocenters. The molecule has 2 aromatic carbocycles. The van der Waals surface area contributed by atoms with Crippen molar-refractivity contribution in [3.05, 3.63) is 59.5 Å². The number of para-hydroxylation sites is 1. The molecule has 7 heteroatoms. The van der Waals surface area contributed by atoms with E-state index in [1.54, 1.807) is 18.2 Å². The number of anilines is 1. The van der Waals surface area contributed by atoms with Crippen LogP contribution in [0.4, 0.5) is 10.3 Å². The number of halogens is 1. The van der Waals surface area contributed by atoms with Crippen LogP contribution in [-0.2, 0) is 4.79 Å². The van der Waals surface area contributed by atoms with Gasteiger partial charge in [0, 0.05) is 44.4 Å². The monoisotopic (exact) mass is 462 g/mol. The SMILES string of the molecule is Cc1ccc2c(C)nc(N3CCCC(C(=O)N4CCC(Oc5ccccc5F)CC4)C3)nc2c1. The zero-order chi connectivity index (χ0) is 23.7. The highest BCUT2D eigenvalue weighted by Gasteiger charge is 2.33. The minimum atomic E-state index is -0.343. The molecule has 34 heavy (non-hydrogen) atoms. The van der Waals surface area contributed by atoms with Gasteiger partial charge in [0.15, 0.2) is 11.6 Å². The number of amides is 1. The van der Waals surface area contributed by atoms with Gasteiger partial charge in [0.1, 0.15) is 6.10 Å². The van der Waals surface area contributed by atoms with Gasteiger partial charge in [0.25, 0.3) is 0 Å². The topological polar surface area (TPSA) is 58.6 Å². The average molecular weight is 463 g/mol. The second-order valence-corrected chi connectivity index (χ2v) is 9.49. The molecule has 2 saturated heterocycles. The molecule has 1 unspecified atom stereocenters. The molecule has 2 aliphatic rings. The maximum absolute atomic E-state index is 13.9. The third kappa shape index (κ3) is 4.69. The molecule has 1 aromatic heterocycles. The van der Waals surface area contributed by atoms with Crippen LogP contribution in [0, 0.1) is 25.6 Å². The molecule has 6 nitrogen and oxygen atoms in total. The number of carbonyl (C=O) groups is 1. The molecule has 1 amide bonds. The number of rotatable bonds is 4. The van der Waals surface area contributed by atoms with E-state index in [4.69, 9.17) is 14.7 Å². The van der Waals surface area contributed by atoms with E-state index in [0.29, 0.717) is 38.4 Å². The Balaban J connectivity index is 1.22. The van der Waals surface area contributed by atoms with Crippen LogP contribution in [0.2, 0.25) is 0 Å². The van der Waals surface area contributed by atoms with Crippen molar-refractivity contribution in [3.63, 3.8) is 0 Å². The second-order valence-electron chi connectivity index (χ2n) is 9.49. The first kappa shape index (κ1) is 22.6. The van der Waals surface area contributed by atoms with Crippen LogP contribution in [0.3, 0.4) is 0 Å². The minimum absolute atomic E-state index is 0.0603. The zero-order valence-corrected chi connectivity index (χ0v) is 19.8. The van der Waals surface area contributed by atoms with Crippen molar-refractivity contribution in [2.45, 2.75) is 45.6 Å². The molecule has 0 bridgehead atoms. The van der Waals surface area contributed by atoms with Crippen molar-refractivity contribution < 1.29 is 13.9 Å². The first-order valence-corrected chi connectivity index (χ1v) is 12.2. The predicted molar refractivity (Wildman–Crippen MR) is 131 cm³/mol. The Morgan fingerprint density at radius 2 is 1.82 bits per heavy atom. The molecule has 2 aliphatic heterocycles. The van der Waals surface area contributed by atoms with Gasteiger partial charge in [-0.1, -0.05) is 24.3 Å². The van der Waals surface area contributed by atoms with E-state index in [1.807, 2.05) is 11.8 Å². The minimum Gasteiger partial charge on any atom is -0.487 e. The van der Waals surface area contributed by atoms with Crippen LogP contribution >= 0.6 is 0 Å². The number of fused-ring (bicyclic) bond motifs is 1. The lowest BCUT2D eigenvalue weighted by atomic mass is 9.95. The van der Waals surface area contributed by atoms with E-state index in [1.165, 1.54) is 11.6 Å². The number of nitrogens with zero attached hydrogens (tertiary/aromatic N) is 4. The number of benzene rings is 2. The number of hydrogen-bond donors (Lipinski definition) is 0. The lowest BCUT2D eigenvalue weighted by Gasteiger charge is -2.38. The Kier molecular flexibility index (Phi) is 6.35. The van der Waals surface area contributed by atoms with Crippen LogP contribution in [-0.4, -0.2) is 53.1 Å². The van der Waals surface area contributed by atoms with Crippen molar-refractivity contribution in [2.75, 3.05) is 31.1 Å². The second kappa shape index (κ2) is 9.57. The van der Waals surface area contributed by atoms with E-state index >= 15 is 0 Å². The lowest BCUT2D eigenvalue weighted by Crippen LogP contribution is -2.48. The summed E-state index contributed by atoms with van der Waals surface area (Å²) in [4.78, 5) is 27.0. The fourth-order valence-electron chi connectivity index (χ4n) is 5.06. The highest BCUT2D eigenvalue weighted by molar-refractivity contribution is 5.83. The van der Waals surface area contributed by atoms with Crippen LogP contribution in [0.5, 0.6) is 5.75 Å². The summed E-state index contributed by atoms with van der Waals surface area (Å²) in [5, 5.41) is 1.07. The van der Waals surface area contributed by atoms with Crippen LogP contribution in [0.1, 0.15) is 36.9 Å². The fraction of sp³-hybridized carbons (Fsp3) is 0.444. The number of likely N-dealkylation sites (tertiary alicyclic amines) is 1. The summed E-state index contributed by atoms with van der Waals surface area (Å²) in [6.07, 6.45) is 3.18. The van der Waals surface area contributed by atoms with Crippen molar-refractivity contribution in [2.24, 2.45) is 5.92 Å². The summed E-state index contributed by atoms with van der Waals surface area (Å²) in [5.41, 5.74) is 3.09. The molecule has 0 saturated carbocycles. The maximum atomic E-state index is 13.9. The van der Waals surface area contributed by atoms with E-state index in [0.717, 1.165) is 36.0 Å². The van der Waals surface area contributed by atoms with Gasteiger partial charge < -0.3 is 14.5 Å². The molecule has 0 radical (unpaired) electrons. The van der Waals surface area contributed by atoms with Crippen molar-refractivity contribution in [3.8, 4) is 5.75 Å². The highest BCUT2D eigenvalue weighted by atomic mass is 19.1.